The molecule has 2 heterocycles. The number of nitrogens with one attached hydrogen (secondary N) is 1. The molecule has 0 spiro atoms. The van der Waals surface area contributed by atoms with Gasteiger partial charge in [-0.1, -0.05) is 6.92 Å². The van der Waals surface area contributed by atoms with E-state index in [-0.39, 0.29) is 11.9 Å². The Hall–Kier alpha value is -2.38. The van der Waals surface area contributed by atoms with Gasteiger partial charge in [-0.15, -0.1) is 0 Å². The van der Waals surface area contributed by atoms with E-state index in [0.717, 1.165) is 30.5 Å². The molecule has 1 amide bonds. The smallest absolute Gasteiger partial charge is 0.354 e. The number of aryl methyl sites for hydroxylation is 1. The molecule has 0 saturated carbocycles. The van der Waals surface area contributed by atoms with Crippen molar-refractivity contribution in [1.82, 2.24) is 9.47 Å². The van der Waals surface area contributed by atoms with Gasteiger partial charge in [-0.2, -0.15) is 0 Å². The number of benzene rings is 1. The van der Waals surface area contributed by atoms with Gasteiger partial charge in [0, 0.05) is 36.7 Å². The van der Waals surface area contributed by atoms with Crippen molar-refractivity contribution in [3.8, 4) is 0 Å². The Labute approximate surface area is 159 Å². The molecule has 1 aliphatic rings. The lowest BCUT2D eigenvalue weighted by Gasteiger charge is -2.37. The molecule has 0 atom stereocenters. The van der Waals surface area contributed by atoms with Crippen molar-refractivity contribution in [3.63, 3.8) is 0 Å². The summed E-state index contributed by atoms with van der Waals surface area (Å²) < 4.78 is 6.89. The molecular formula is C20H28N4O3. The van der Waals surface area contributed by atoms with Crippen molar-refractivity contribution in [3.05, 3.63) is 30.0 Å². The molecule has 1 aliphatic heterocycles. The molecule has 2 aromatic rings. The van der Waals surface area contributed by atoms with Crippen LogP contribution in [-0.2, 0) is 16.6 Å². The van der Waals surface area contributed by atoms with Crippen molar-refractivity contribution >= 4 is 28.5 Å². The standard InChI is InChI=1S/C20H28N4O3/c1-4-24-10-8-20(21,9-11-24)19(26)22-15-6-7-16-14(12-15)13-17(23(16)3)18(25)27-5-2/h6-7,12-13H,4-5,8-11,21H2,1-3H3,(H,22,26). The Morgan fingerprint density at radius 1 is 1.22 bits per heavy atom. The van der Waals surface area contributed by atoms with Crippen molar-refractivity contribution in [2.45, 2.75) is 32.2 Å². The zero-order valence-corrected chi connectivity index (χ0v) is 16.2. The lowest BCUT2D eigenvalue weighted by molar-refractivity contribution is -0.122. The van der Waals surface area contributed by atoms with Gasteiger partial charge >= 0.3 is 5.97 Å². The number of fused-ring (bicyclic) bond motifs is 1. The van der Waals surface area contributed by atoms with E-state index in [1.165, 1.54) is 0 Å². The summed E-state index contributed by atoms with van der Waals surface area (Å²) in [5.41, 5.74) is 7.60. The van der Waals surface area contributed by atoms with Crippen LogP contribution in [0, 0.1) is 0 Å². The predicted octanol–water partition coefficient (Wildman–Crippen LogP) is 2.11. The second kappa shape index (κ2) is 7.70. The summed E-state index contributed by atoms with van der Waals surface area (Å²) in [6.07, 6.45) is 1.29. The molecule has 7 heteroatoms. The van der Waals surface area contributed by atoms with Crippen molar-refractivity contribution < 1.29 is 14.3 Å². The SMILES string of the molecule is CCOC(=O)c1cc2cc(NC(=O)C3(N)CCN(CC)CC3)ccc2n1C. The van der Waals surface area contributed by atoms with Crippen LogP contribution in [0.1, 0.15) is 37.2 Å². The molecule has 0 bridgehead atoms. The van der Waals surface area contributed by atoms with Crippen LogP contribution in [0.4, 0.5) is 5.69 Å². The normalized spacial score (nSPS) is 17.0. The highest BCUT2D eigenvalue weighted by atomic mass is 16.5. The number of rotatable bonds is 5. The maximum Gasteiger partial charge on any atom is 0.354 e. The van der Waals surface area contributed by atoms with Gasteiger partial charge < -0.3 is 25.3 Å². The first-order chi connectivity index (χ1) is 12.9. The van der Waals surface area contributed by atoms with Crippen LogP contribution in [-0.4, -0.2) is 53.1 Å². The summed E-state index contributed by atoms with van der Waals surface area (Å²) >= 11 is 0. The first-order valence-corrected chi connectivity index (χ1v) is 9.47. The average Bonchev–Trinajstić information content (AvgIpc) is 2.99. The van der Waals surface area contributed by atoms with E-state index < -0.39 is 5.54 Å². The summed E-state index contributed by atoms with van der Waals surface area (Å²) in [7, 11) is 1.82. The third kappa shape index (κ3) is 3.84. The zero-order chi connectivity index (χ0) is 19.6. The van der Waals surface area contributed by atoms with Gasteiger partial charge in [-0.05, 0) is 50.6 Å². The molecule has 1 aromatic carbocycles. The molecule has 3 rings (SSSR count). The first kappa shape index (κ1) is 19.4. The number of carbonyl (C=O) groups excluding carboxylic acids is 2. The highest BCUT2D eigenvalue weighted by Gasteiger charge is 2.37. The maximum atomic E-state index is 12.8. The van der Waals surface area contributed by atoms with Gasteiger partial charge in [0.2, 0.25) is 5.91 Å². The molecule has 7 nitrogen and oxygen atoms in total. The summed E-state index contributed by atoms with van der Waals surface area (Å²) in [5.74, 6) is -0.510. The number of hydrogen-bond acceptors (Lipinski definition) is 5. The van der Waals surface area contributed by atoms with E-state index in [4.69, 9.17) is 10.5 Å². The highest BCUT2D eigenvalue weighted by molar-refractivity contribution is 6.01. The Kier molecular flexibility index (Phi) is 5.53. The number of esters is 1. The van der Waals surface area contributed by atoms with Gasteiger partial charge in [-0.3, -0.25) is 4.79 Å². The summed E-state index contributed by atoms with van der Waals surface area (Å²) in [6.45, 7) is 6.87. The largest absolute Gasteiger partial charge is 0.461 e. The minimum absolute atomic E-state index is 0.154. The summed E-state index contributed by atoms with van der Waals surface area (Å²) in [6, 6.07) is 7.36. The number of anilines is 1. The second-order valence-electron chi connectivity index (χ2n) is 7.13. The third-order valence-corrected chi connectivity index (χ3v) is 5.43. The number of aromatic nitrogens is 1. The molecular weight excluding hydrogens is 344 g/mol. The van der Waals surface area contributed by atoms with Crippen LogP contribution in [0.3, 0.4) is 0 Å². The molecule has 1 fully saturated rings. The molecule has 0 aliphatic carbocycles. The lowest BCUT2D eigenvalue weighted by Crippen LogP contribution is -2.57. The van der Waals surface area contributed by atoms with Gasteiger partial charge in [-0.25, -0.2) is 4.79 Å². The maximum absolute atomic E-state index is 12.8. The zero-order valence-electron chi connectivity index (χ0n) is 16.2. The minimum Gasteiger partial charge on any atom is -0.461 e. The van der Waals surface area contributed by atoms with Crippen LogP contribution in [0.5, 0.6) is 0 Å². The fourth-order valence-electron chi connectivity index (χ4n) is 3.58. The monoisotopic (exact) mass is 372 g/mol. The third-order valence-electron chi connectivity index (χ3n) is 5.43. The number of nitrogens with two attached hydrogens (primary N) is 1. The number of amides is 1. The first-order valence-electron chi connectivity index (χ1n) is 9.47. The lowest BCUT2D eigenvalue weighted by atomic mass is 9.87. The van der Waals surface area contributed by atoms with Crippen LogP contribution in [0.2, 0.25) is 0 Å². The van der Waals surface area contributed by atoms with E-state index in [1.807, 2.05) is 25.2 Å². The Bertz CT molecular complexity index is 850. The molecule has 27 heavy (non-hydrogen) atoms. The quantitative estimate of drug-likeness (QED) is 0.785. The molecule has 3 N–H and O–H groups in total. The molecule has 1 saturated heterocycles. The Morgan fingerprint density at radius 3 is 2.56 bits per heavy atom. The van der Waals surface area contributed by atoms with E-state index in [2.05, 4.69) is 17.1 Å². The summed E-state index contributed by atoms with van der Waals surface area (Å²) in [5, 5.41) is 3.82. The van der Waals surface area contributed by atoms with Crippen LogP contribution >= 0.6 is 0 Å². The van der Waals surface area contributed by atoms with E-state index >= 15 is 0 Å². The number of carbonyl (C=O) groups is 2. The molecule has 146 valence electrons. The Morgan fingerprint density at radius 2 is 1.93 bits per heavy atom. The van der Waals surface area contributed by atoms with Crippen molar-refractivity contribution in [1.29, 1.82) is 0 Å². The molecule has 0 unspecified atom stereocenters. The van der Waals surface area contributed by atoms with Crippen molar-refractivity contribution in [2.24, 2.45) is 12.8 Å². The van der Waals surface area contributed by atoms with Crippen LogP contribution in [0.25, 0.3) is 10.9 Å². The van der Waals surface area contributed by atoms with E-state index in [0.29, 0.717) is 30.8 Å². The number of likely N-dealkylation sites (tertiary alicyclic amines) is 1. The van der Waals surface area contributed by atoms with Crippen molar-refractivity contribution in [2.75, 3.05) is 31.6 Å². The van der Waals surface area contributed by atoms with Gasteiger partial charge in [0.1, 0.15) is 5.69 Å². The number of hydrogen-bond donors (Lipinski definition) is 2. The van der Waals surface area contributed by atoms with Gasteiger partial charge in [0.05, 0.1) is 12.1 Å². The van der Waals surface area contributed by atoms with Crippen LogP contribution in [0.15, 0.2) is 24.3 Å². The topological polar surface area (TPSA) is 89.6 Å². The fraction of sp³-hybridized carbons (Fsp3) is 0.500. The second-order valence-corrected chi connectivity index (χ2v) is 7.13. The highest BCUT2D eigenvalue weighted by Crippen LogP contribution is 2.25. The number of nitrogens with zero attached hydrogens (tertiary/aromatic N) is 2. The van der Waals surface area contributed by atoms with Gasteiger partial charge in [0.15, 0.2) is 0 Å². The van der Waals surface area contributed by atoms with Crippen LogP contribution < -0.4 is 11.1 Å². The fourth-order valence-corrected chi connectivity index (χ4v) is 3.58. The summed E-state index contributed by atoms with van der Waals surface area (Å²) in [4.78, 5) is 27.1. The predicted molar refractivity (Wildman–Crippen MR) is 106 cm³/mol. The number of piperidine rings is 1. The number of ether oxygens (including phenoxy) is 1. The van der Waals surface area contributed by atoms with E-state index in [1.54, 1.807) is 17.6 Å². The Balaban J connectivity index is 1.77. The van der Waals surface area contributed by atoms with E-state index in [9.17, 15) is 9.59 Å². The molecule has 1 aromatic heterocycles. The minimum atomic E-state index is -0.840. The molecule has 0 radical (unpaired) electrons. The van der Waals surface area contributed by atoms with Gasteiger partial charge in [0.25, 0.3) is 0 Å². The average molecular weight is 372 g/mol.